The summed E-state index contributed by atoms with van der Waals surface area (Å²) in [5.41, 5.74) is 4.76. The molecule has 0 aromatic carbocycles. The van der Waals surface area contributed by atoms with E-state index in [9.17, 15) is 9.90 Å². The average Bonchev–Trinajstić information content (AvgIpc) is 2.95. The number of carboxylic acids is 1. The van der Waals surface area contributed by atoms with Crippen LogP contribution in [0.5, 0.6) is 0 Å². The Kier molecular flexibility index (Phi) is 2.46. The predicted molar refractivity (Wildman–Crippen MR) is 56.8 cm³/mol. The van der Waals surface area contributed by atoms with E-state index in [0.29, 0.717) is 11.6 Å². The number of nitrogens with two attached hydrogens (primary N) is 1. The molecule has 0 radical (unpaired) electrons. The number of hydrogen-bond donors (Lipinski definition) is 2. The van der Waals surface area contributed by atoms with Crippen molar-refractivity contribution in [3.63, 3.8) is 0 Å². The van der Waals surface area contributed by atoms with Gasteiger partial charge in [0.15, 0.2) is 0 Å². The van der Waals surface area contributed by atoms with Crippen molar-refractivity contribution in [1.29, 1.82) is 0 Å². The lowest BCUT2D eigenvalue weighted by molar-refractivity contribution is -0.145. The minimum Gasteiger partial charge on any atom is -0.480 e. The van der Waals surface area contributed by atoms with Crippen LogP contribution < -0.4 is 5.73 Å². The Morgan fingerprint density at radius 3 is 2.62 bits per heavy atom. The molecular weight excluding hydrogens is 208 g/mol. The van der Waals surface area contributed by atoms with Gasteiger partial charge in [-0.2, -0.15) is 5.10 Å². The highest BCUT2D eigenvalue weighted by molar-refractivity contribution is 5.79. The minimum atomic E-state index is -1.20. The zero-order valence-electron chi connectivity index (χ0n) is 9.47. The van der Waals surface area contributed by atoms with Crippen molar-refractivity contribution in [2.24, 2.45) is 11.7 Å². The fourth-order valence-corrected chi connectivity index (χ4v) is 1.93. The Bertz CT molecular complexity index is 424. The van der Waals surface area contributed by atoms with E-state index in [1.54, 1.807) is 18.5 Å². The van der Waals surface area contributed by atoms with Gasteiger partial charge in [0.25, 0.3) is 0 Å². The first kappa shape index (κ1) is 11.1. The number of hydrogen-bond acceptors (Lipinski definition) is 4. The number of aryl methyl sites for hydroxylation is 2. The van der Waals surface area contributed by atoms with Crippen molar-refractivity contribution in [2.45, 2.75) is 38.8 Å². The molecule has 6 heteroatoms. The van der Waals surface area contributed by atoms with Crippen LogP contribution in [0.4, 0.5) is 0 Å². The van der Waals surface area contributed by atoms with Gasteiger partial charge in [-0.15, -0.1) is 0 Å². The van der Waals surface area contributed by atoms with Crippen LogP contribution in [-0.2, 0) is 11.3 Å². The van der Waals surface area contributed by atoms with Crippen molar-refractivity contribution in [2.75, 3.05) is 0 Å². The van der Waals surface area contributed by atoms with Gasteiger partial charge in [0, 0.05) is 0 Å². The first-order valence-corrected chi connectivity index (χ1v) is 5.34. The molecule has 1 aromatic heterocycles. The van der Waals surface area contributed by atoms with Gasteiger partial charge in [-0.05, 0) is 32.6 Å². The van der Waals surface area contributed by atoms with E-state index in [2.05, 4.69) is 10.1 Å². The molecular formula is C10H16N4O2. The lowest BCUT2D eigenvalue weighted by atomic mass is 9.95. The van der Waals surface area contributed by atoms with E-state index in [1.807, 2.05) is 0 Å². The van der Waals surface area contributed by atoms with E-state index in [-0.39, 0.29) is 12.5 Å². The van der Waals surface area contributed by atoms with Crippen LogP contribution in [0.1, 0.15) is 24.5 Å². The van der Waals surface area contributed by atoms with Crippen LogP contribution in [0.25, 0.3) is 0 Å². The van der Waals surface area contributed by atoms with Crippen LogP contribution in [0, 0.1) is 19.8 Å². The Hall–Kier alpha value is -1.43. The number of rotatable bonds is 4. The van der Waals surface area contributed by atoms with Gasteiger partial charge in [-0.1, -0.05) is 0 Å². The molecule has 3 N–H and O–H groups in total. The van der Waals surface area contributed by atoms with Crippen molar-refractivity contribution in [3.05, 3.63) is 11.6 Å². The number of carbonyl (C=O) groups is 1. The minimum absolute atomic E-state index is 0.0638. The molecule has 1 unspecified atom stereocenters. The van der Waals surface area contributed by atoms with Crippen LogP contribution >= 0.6 is 0 Å². The van der Waals surface area contributed by atoms with E-state index < -0.39 is 11.5 Å². The molecule has 1 saturated carbocycles. The molecule has 6 nitrogen and oxygen atoms in total. The predicted octanol–water partition coefficient (Wildman–Crippen LogP) is 0.0870. The summed E-state index contributed by atoms with van der Waals surface area (Å²) in [4.78, 5) is 15.4. The third-order valence-corrected chi connectivity index (χ3v) is 3.08. The van der Waals surface area contributed by atoms with Crippen molar-refractivity contribution < 1.29 is 9.90 Å². The van der Waals surface area contributed by atoms with Crippen LogP contribution in [0.15, 0.2) is 0 Å². The molecule has 1 fully saturated rings. The number of aromatic nitrogens is 3. The second-order valence-electron chi connectivity index (χ2n) is 4.48. The monoisotopic (exact) mass is 224 g/mol. The summed E-state index contributed by atoms with van der Waals surface area (Å²) in [5, 5.41) is 13.4. The molecule has 2 rings (SSSR count). The van der Waals surface area contributed by atoms with Crippen LogP contribution in [-0.4, -0.2) is 31.4 Å². The fourth-order valence-electron chi connectivity index (χ4n) is 1.93. The van der Waals surface area contributed by atoms with Gasteiger partial charge in [0.1, 0.15) is 17.2 Å². The van der Waals surface area contributed by atoms with Crippen LogP contribution in [0.3, 0.4) is 0 Å². The highest BCUT2D eigenvalue weighted by Crippen LogP contribution is 2.39. The summed E-state index contributed by atoms with van der Waals surface area (Å²) in [6.07, 6.45) is 1.77. The highest BCUT2D eigenvalue weighted by atomic mass is 16.4. The zero-order chi connectivity index (χ0) is 11.9. The number of carboxylic acid groups (broad SMARTS) is 1. The third kappa shape index (κ3) is 1.80. The summed E-state index contributed by atoms with van der Waals surface area (Å²) in [6, 6.07) is 0. The molecule has 1 heterocycles. The first-order chi connectivity index (χ1) is 7.43. The molecule has 1 aromatic rings. The van der Waals surface area contributed by atoms with Crippen LogP contribution in [0.2, 0.25) is 0 Å². The highest BCUT2D eigenvalue weighted by Gasteiger charge is 2.49. The molecule has 16 heavy (non-hydrogen) atoms. The third-order valence-electron chi connectivity index (χ3n) is 3.08. The molecule has 1 atom stereocenters. The lowest BCUT2D eigenvalue weighted by Gasteiger charge is -2.24. The summed E-state index contributed by atoms with van der Waals surface area (Å²) in [5.74, 6) is 0.451. The summed E-state index contributed by atoms with van der Waals surface area (Å²) >= 11 is 0. The van der Waals surface area contributed by atoms with Crippen molar-refractivity contribution in [3.8, 4) is 0 Å². The zero-order valence-corrected chi connectivity index (χ0v) is 9.47. The largest absolute Gasteiger partial charge is 0.480 e. The second kappa shape index (κ2) is 3.55. The first-order valence-electron chi connectivity index (χ1n) is 5.34. The smallest absolute Gasteiger partial charge is 0.325 e. The summed E-state index contributed by atoms with van der Waals surface area (Å²) < 4.78 is 1.59. The molecule has 0 saturated heterocycles. The summed E-state index contributed by atoms with van der Waals surface area (Å²) in [7, 11) is 0. The number of nitrogens with zero attached hydrogens (tertiary/aromatic N) is 3. The molecule has 1 aliphatic rings. The lowest BCUT2D eigenvalue weighted by Crippen LogP contribution is -2.53. The van der Waals surface area contributed by atoms with E-state index >= 15 is 0 Å². The van der Waals surface area contributed by atoms with Gasteiger partial charge >= 0.3 is 5.97 Å². The van der Waals surface area contributed by atoms with E-state index in [1.165, 1.54) is 0 Å². The Balaban J connectivity index is 2.24. The van der Waals surface area contributed by atoms with Gasteiger partial charge in [0.05, 0.1) is 6.54 Å². The molecule has 0 spiro atoms. The molecule has 1 aliphatic carbocycles. The maximum Gasteiger partial charge on any atom is 0.325 e. The SMILES string of the molecule is Cc1nc(C)n(CC(N)(C(=O)O)C2CC2)n1. The molecule has 88 valence electrons. The fraction of sp³-hybridized carbons (Fsp3) is 0.700. The summed E-state index contributed by atoms with van der Waals surface area (Å²) in [6.45, 7) is 3.77. The van der Waals surface area contributed by atoms with Gasteiger partial charge in [-0.3, -0.25) is 4.79 Å². The Morgan fingerprint density at radius 1 is 1.62 bits per heavy atom. The van der Waals surface area contributed by atoms with E-state index in [0.717, 1.165) is 12.8 Å². The second-order valence-corrected chi connectivity index (χ2v) is 4.48. The number of aliphatic carboxylic acids is 1. The molecule has 0 amide bonds. The maximum atomic E-state index is 11.2. The van der Waals surface area contributed by atoms with Crippen molar-refractivity contribution in [1.82, 2.24) is 14.8 Å². The topological polar surface area (TPSA) is 94.0 Å². The molecule has 0 bridgehead atoms. The standard InChI is InChI=1S/C10H16N4O2/c1-6-12-7(2)14(13-6)5-10(11,9(15)16)8-3-4-8/h8H,3-5,11H2,1-2H3,(H,15,16). The Morgan fingerprint density at radius 2 is 2.25 bits per heavy atom. The maximum absolute atomic E-state index is 11.2. The van der Waals surface area contributed by atoms with Crippen molar-refractivity contribution >= 4 is 5.97 Å². The van der Waals surface area contributed by atoms with E-state index in [4.69, 9.17) is 5.73 Å². The average molecular weight is 224 g/mol. The van der Waals surface area contributed by atoms with Gasteiger partial charge in [0.2, 0.25) is 0 Å². The quantitative estimate of drug-likeness (QED) is 0.755. The van der Waals surface area contributed by atoms with Gasteiger partial charge < -0.3 is 10.8 Å². The molecule has 0 aliphatic heterocycles. The van der Waals surface area contributed by atoms with Gasteiger partial charge in [-0.25, -0.2) is 9.67 Å². The Labute approximate surface area is 93.5 Å². The normalized spacial score (nSPS) is 19.4.